The quantitative estimate of drug-likeness (QED) is 0.462. The molecule has 0 spiro atoms. The topological polar surface area (TPSA) is 140 Å². The van der Waals surface area contributed by atoms with Crippen molar-refractivity contribution >= 4 is 21.4 Å². The molecule has 9 nitrogen and oxygen atoms in total. The third-order valence-corrected chi connectivity index (χ3v) is 4.38. The van der Waals surface area contributed by atoms with Crippen LogP contribution >= 0.6 is 0 Å². The lowest BCUT2D eigenvalue weighted by Crippen LogP contribution is -2.32. The summed E-state index contributed by atoms with van der Waals surface area (Å²) in [5, 5.41) is 30.9. The molecule has 0 atom stereocenters. The highest BCUT2D eigenvalue weighted by molar-refractivity contribution is 7.89. The summed E-state index contributed by atoms with van der Waals surface area (Å²) in [6, 6.07) is 6.73. The van der Waals surface area contributed by atoms with E-state index in [0.29, 0.717) is 9.99 Å². The molecule has 1 rings (SSSR count). The zero-order chi connectivity index (χ0) is 16.0. The Labute approximate surface area is 121 Å². The van der Waals surface area contributed by atoms with Gasteiger partial charge in [0.1, 0.15) is 13.1 Å². The van der Waals surface area contributed by atoms with Crippen molar-refractivity contribution in [2.24, 2.45) is 0 Å². The first-order valence-electron chi connectivity index (χ1n) is 5.58. The van der Waals surface area contributed by atoms with Gasteiger partial charge in [-0.3, -0.25) is 10.1 Å². The number of nitro benzene ring substituents is 1. The molecule has 0 bridgehead atoms. The lowest BCUT2D eigenvalue weighted by atomic mass is 10.3. The molecule has 0 saturated heterocycles. The predicted molar refractivity (Wildman–Crippen MR) is 72.6 cm³/mol. The van der Waals surface area contributed by atoms with Crippen molar-refractivity contribution in [3.63, 3.8) is 0 Å². The third-order valence-electron chi connectivity index (χ3n) is 2.56. The van der Waals surface area contributed by atoms with E-state index in [-0.39, 0.29) is 0 Å². The Kier molecular flexibility index (Phi) is 5.18. The average molecular weight is 309 g/mol. The van der Waals surface area contributed by atoms with Crippen molar-refractivity contribution in [1.29, 1.82) is 10.5 Å². The van der Waals surface area contributed by atoms with E-state index in [1.54, 1.807) is 12.1 Å². The second-order valence-electron chi connectivity index (χ2n) is 3.78. The van der Waals surface area contributed by atoms with Crippen LogP contribution in [0.2, 0.25) is 0 Å². The SMILES string of the molecule is CNc1ccc([N+](=O)[O-])c(S(=O)(=O)N(CC#N)CC#N)c1. The first-order valence-corrected chi connectivity index (χ1v) is 7.02. The van der Waals surface area contributed by atoms with E-state index in [1.165, 1.54) is 13.1 Å². The van der Waals surface area contributed by atoms with Gasteiger partial charge in [0.15, 0.2) is 4.90 Å². The molecule has 0 aliphatic rings. The molecular weight excluding hydrogens is 298 g/mol. The van der Waals surface area contributed by atoms with Gasteiger partial charge >= 0.3 is 0 Å². The van der Waals surface area contributed by atoms with E-state index in [2.05, 4.69) is 5.32 Å². The molecule has 21 heavy (non-hydrogen) atoms. The number of nitriles is 2. The monoisotopic (exact) mass is 309 g/mol. The van der Waals surface area contributed by atoms with Crippen molar-refractivity contribution < 1.29 is 13.3 Å². The Morgan fingerprint density at radius 3 is 2.33 bits per heavy atom. The van der Waals surface area contributed by atoms with Crippen molar-refractivity contribution in [1.82, 2.24) is 4.31 Å². The van der Waals surface area contributed by atoms with E-state index >= 15 is 0 Å². The number of hydrogen-bond donors (Lipinski definition) is 1. The van der Waals surface area contributed by atoms with Crippen LogP contribution < -0.4 is 5.32 Å². The standard InChI is InChI=1S/C11H11N5O4S/c1-14-9-2-3-10(16(17)18)11(8-9)21(19,20)15(6-4-12)7-5-13/h2-3,8,14H,6-7H2,1H3. The number of anilines is 1. The van der Waals surface area contributed by atoms with Crippen LogP contribution in [0.1, 0.15) is 0 Å². The molecule has 10 heteroatoms. The molecule has 0 unspecified atom stereocenters. The maximum Gasteiger partial charge on any atom is 0.289 e. The first-order chi connectivity index (χ1) is 9.88. The van der Waals surface area contributed by atoms with Crippen LogP contribution in [0.25, 0.3) is 0 Å². The maximum atomic E-state index is 12.4. The summed E-state index contributed by atoms with van der Waals surface area (Å²) in [6.07, 6.45) is 0. The average Bonchev–Trinajstić information content (AvgIpc) is 2.46. The molecule has 0 radical (unpaired) electrons. The van der Waals surface area contributed by atoms with Crippen molar-refractivity contribution in [2.45, 2.75) is 4.90 Å². The Balaban J connectivity index is 3.51. The van der Waals surface area contributed by atoms with Gasteiger partial charge in [0.25, 0.3) is 15.7 Å². The minimum Gasteiger partial charge on any atom is -0.388 e. The smallest absolute Gasteiger partial charge is 0.289 e. The molecule has 0 aromatic heterocycles. The van der Waals surface area contributed by atoms with Crippen molar-refractivity contribution in [3.8, 4) is 12.1 Å². The summed E-state index contributed by atoms with van der Waals surface area (Å²) in [5.41, 5.74) is -0.261. The Morgan fingerprint density at radius 1 is 1.33 bits per heavy atom. The van der Waals surface area contributed by atoms with E-state index in [4.69, 9.17) is 10.5 Å². The van der Waals surface area contributed by atoms with Gasteiger partial charge in [-0.1, -0.05) is 0 Å². The largest absolute Gasteiger partial charge is 0.388 e. The van der Waals surface area contributed by atoms with E-state index < -0.39 is 38.6 Å². The third kappa shape index (κ3) is 3.45. The zero-order valence-electron chi connectivity index (χ0n) is 11.0. The summed E-state index contributed by atoms with van der Waals surface area (Å²) >= 11 is 0. The van der Waals surface area contributed by atoms with E-state index in [0.717, 1.165) is 12.1 Å². The van der Waals surface area contributed by atoms with Gasteiger partial charge in [-0.25, -0.2) is 8.42 Å². The van der Waals surface area contributed by atoms with Crippen LogP contribution in [0.15, 0.2) is 23.1 Å². The minimum absolute atomic E-state index is 0.355. The van der Waals surface area contributed by atoms with E-state index in [1.807, 2.05) is 0 Å². The number of nitro groups is 1. The van der Waals surface area contributed by atoms with Crippen LogP contribution in [0.3, 0.4) is 0 Å². The predicted octanol–water partition coefficient (Wildman–Crippen LogP) is 0.674. The van der Waals surface area contributed by atoms with Crippen LogP contribution in [0, 0.1) is 32.8 Å². The highest BCUT2D eigenvalue weighted by Crippen LogP contribution is 2.29. The number of nitrogens with one attached hydrogen (secondary N) is 1. The van der Waals surface area contributed by atoms with E-state index in [9.17, 15) is 18.5 Å². The molecule has 0 amide bonds. The lowest BCUT2D eigenvalue weighted by Gasteiger charge is -2.16. The lowest BCUT2D eigenvalue weighted by molar-refractivity contribution is -0.387. The summed E-state index contributed by atoms with van der Waals surface area (Å²) in [5.74, 6) is 0. The van der Waals surface area contributed by atoms with Crippen molar-refractivity contribution in [3.05, 3.63) is 28.3 Å². The fraction of sp³-hybridized carbons (Fsp3) is 0.273. The molecule has 0 aliphatic heterocycles. The van der Waals surface area contributed by atoms with Crippen LogP contribution in [0.4, 0.5) is 11.4 Å². The second-order valence-corrected chi connectivity index (χ2v) is 5.69. The zero-order valence-corrected chi connectivity index (χ0v) is 11.8. The number of benzene rings is 1. The van der Waals surface area contributed by atoms with Gasteiger partial charge in [0.05, 0.1) is 17.1 Å². The molecular formula is C11H11N5O4S. The highest BCUT2D eigenvalue weighted by atomic mass is 32.2. The molecule has 1 aromatic carbocycles. The Bertz CT molecular complexity index is 716. The molecule has 1 N–H and O–H groups in total. The number of sulfonamides is 1. The molecule has 0 saturated carbocycles. The van der Waals surface area contributed by atoms with Gasteiger partial charge in [-0.2, -0.15) is 14.8 Å². The number of rotatable bonds is 6. The maximum absolute atomic E-state index is 12.4. The Hall–Kier alpha value is -2.69. The molecule has 0 heterocycles. The molecule has 0 aliphatic carbocycles. The van der Waals surface area contributed by atoms with Gasteiger partial charge < -0.3 is 5.32 Å². The summed E-state index contributed by atoms with van der Waals surface area (Å²) in [7, 11) is -2.80. The summed E-state index contributed by atoms with van der Waals surface area (Å²) < 4.78 is 25.4. The first kappa shape index (κ1) is 16.4. The fourth-order valence-electron chi connectivity index (χ4n) is 1.55. The molecule has 110 valence electrons. The normalized spacial score (nSPS) is 10.7. The molecule has 1 aromatic rings. The number of hydrogen-bond acceptors (Lipinski definition) is 7. The van der Waals surface area contributed by atoms with Gasteiger partial charge in [-0.15, -0.1) is 0 Å². The van der Waals surface area contributed by atoms with Crippen molar-refractivity contribution in [2.75, 3.05) is 25.5 Å². The fourth-order valence-corrected chi connectivity index (χ4v) is 2.97. The summed E-state index contributed by atoms with van der Waals surface area (Å²) in [4.78, 5) is 9.58. The van der Waals surface area contributed by atoms with Crippen LogP contribution in [-0.4, -0.2) is 37.8 Å². The minimum atomic E-state index is -4.33. The summed E-state index contributed by atoms with van der Waals surface area (Å²) in [6.45, 7) is -1.15. The van der Waals surface area contributed by atoms with Crippen LogP contribution in [-0.2, 0) is 10.0 Å². The number of nitrogens with zero attached hydrogens (tertiary/aromatic N) is 4. The highest BCUT2D eigenvalue weighted by Gasteiger charge is 2.31. The van der Waals surface area contributed by atoms with Gasteiger partial charge in [0.2, 0.25) is 0 Å². The van der Waals surface area contributed by atoms with Gasteiger partial charge in [0, 0.05) is 18.8 Å². The molecule has 0 fully saturated rings. The Morgan fingerprint density at radius 2 is 1.90 bits per heavy atom. The van der Waals surface area contributed by atoms with Gasteiger partial charge in [-0.05, 0) is 12.1 Å². The second kappa shape index (κ2) is 6.65. The van der Waals surface area contributed by atoms with Crippen LogP contribution in [0.5, 0.6) is 0 Å².